The third-order valence-corrected chi connectivity index (χ3v) is 3.38. The third-order valence-electron chi connectivity index (χ3n) is 3.16. The number of para-hydroxylation sites is 1. The highest BCUT2D eigenvalue weighted by molar-refractivity contribution is 6.20. The van der Waals surface area contributed by atoms with E-state index in [9.17, 15) is 4.79 Å². The zero-order valence-corrected chi connectivity index (χ0v) is 11.5. The van der Waals surface area contributed by atoms with Gasteiger partial charge in [-0.15, -0.1) is 11.6 Å². The molecule has 0 aliphatic carbocycles. The van der Waals surface area contributed by atoms with Crippen molar-refractivity contribution in [3.63, 3.8) is 0 Å². The Morgan fingerprint density at radius 2 is 2.28 bits per heavy atom. The first kappa shape index (κ1) is 13.2. The van der Waals surface area contributed by atoms with Crippen molar-refractivity contribution >= 4 is 17.5 Å². The van der Waals surface area contributed by atoms with Gasteiger partial charge in [0.1, 0.15) is 5.75 Å². The summed E-state index contributed by atoms with van der Waals surface area (Å²) in [6.07, 6.45) is 1.08. The normalized spacial score (nSPS) is 18.9. The Morgan fingerprint density at radius 3 is 2.94 bits per heavy atom. The van der Waals surface area contributed by atoms with E-state index in [-0.39, 0.29) is 17.4 Å². The van der Waals surface area contributed by atoms with E-state index in [0.717, 1.165) is 17.7 Å². The SMILES string of the molecule is CC(Cl)CCN(C)C(=O)C1Cc2ccccc2O1. The van der Waals surface area contributed by atoms with Gasteiger partial charge in [0.05, 0.1) is 0 Å². The predicted molar refractivity (Wildman–Crippen MR) is 72.1 cm³/mol. The number of alkyl halides is 1. The summed E-state index contributed by atoms with van der Waals surface area (Å²) >= 11 is 5.89. The molecule has 1 amide bonds. The molecule has 0 N–H and O–H groups in total. The summed E-state index contributed by atoms with van der Waals surface area (Å²) in [5, 5.41) is 0.0851. The van der Waals surface area contributed by atoms with E-state index in [1.54, 1.807) is 11.9 Å². The molecule has 0 fully saturated rings. The predicted octanol–water partition coefficient (Wildman–Crippen LogP) is 2.47. The first-order chi connectivity index (χ1) is 8.58. The van der Waals surface area contributed by atoms with Crippen molar-refractivity contribution in [3.05, 3.63) is 29.8 Å². The number of nitrogens with zero attached hydrogens (tertiary/aromatic N) is 1. The minimum atomic E-state index is -0.377. The summed E-state index contributed by atoms with van der Waals surface area (Å²) in [5.74, 6) is 0.860. The lowest BCUT2D eigenvalue weighted by atomic mass is 10.1. The van der Waals surface area contributed by atoms with Crippen molar-refractivity contribution in [2.75, 3.05) is 13.6 Å². The number of benzene rings is 1. The molecule has 0 saturated heterocycles. The summed E-state index contributed by atoms with van der Waals surface area (Å²) in [4.78, 5) is 13.9. The fourth-order valence-corrected chi connectivity index (χ4v) is 2.14. The number of carbonyl (C=O) groups excluding carboxylic acids is 1. The van der Waals surface area contributed by atoms with Crippen LogP contribution in [-0.2, 0) is 11.2 Å². The second-order valence-corrected chi connectivity index (χ2v) is 5.49. The highest BCUT2D eigenvalue weighted by Crippen LogP contribution is 2.28. The highest BCUT2D eigenvalue weighted by atomic mass is 35.5. The Labute approximate surface area is 113 Å². The number of likely N-dealkylation sites (N-methyl/N-ethyl adjacent to an activating group) is 1. The van der Waals surface area contributed by atoms with Gasteiger partial charge in [-0.2, -0.15) is 0 Å². The minimum Gasteiger partial charge on any atom is -0.480 e. The maximum atomic E-state index is 12.2. The Balaban J connectivity index is 1.92. The quantitative estimate of drug-likeness (QED) is 0.785. The molecule has 0 bridgehead atoms. The highest BCUT2D eigenvalue weighted by Gasteiger charge is 2.30. The molecule has 0 spiro atoms. The summed E-state index contributed by atoms with van der Waals surface area (Å²) < 4.78 is 5.67. The van der Waals surface area contributed by atoms with Gasteiger partial charge >= 0.3 is 0 Å². The van der Waals surface area contributed by atoms with Gasteiger partial charge in [-0.05, 0) is 25.0 Å². The van der Waals surface area contributed by atoms with Crippen molar-refractivity contribution in [1.82, 2.24) is 4.90 Å². The third kappa shape index (κ3) is 2.96. The van der Waals surface area contributed by atoms with E-state index in [4.69, 9.17) is 16.3 Å². The Bertz CT molecular complexity index is 409. The Kier molecular flexibility index (Phi) is 4.12. The fourth-order valence-electron chi connectivity index (χ4n) is 2.05. The first-order valence-electron chi connectivity index (χ1n) is 6.21. The number of rotatable bonds is 4. The number of hydrogen-bond donors (Lipinski definition) is 0. The van der Waals surface area contributed by atoms with Crippen LogP contribution < -0.4 is 4.74 Å². The molecular weight excluding hydrogens is 250 g/mol. The van der Waals surface area contributed by atoms with Crippen LogP contribution in [0.4, 0.5) is 0 Å². The average Bonchev–Trinajstić information content (AvgIpc) is 2.78. The van der Waals surface area contributed by atoms with E-state index in [1.165, 1.54) is 0 Å². The van der Waals surface area contributed by atoms with Gasteiger partial charge < -0.3 is 9.64 Å². The molecule has 1 aliphatic heterocycles. The van der Waals surface area contributed by atoms with Crippen LogP contribution in [0.25, 0.3) is 0 Å². The van der Waals surface area contributed by atoms with Crippen molar-refractivity contribution in [2.24, 2.45) is 0 Å². The lowest BCUT2D eigenvalue weighted by molar-refractivity contribution is -0.136. The van der Waals surface area contributed by atoms with Crippen LogP contribution in [0.15, 0.2) is 24.3 Å². The van der Waals surface area contributed by atoms with Gasteiger partial charge in [-0.3, -0.25) is 4.79 Å². The first-order valence-corrected chi connectivity index (χ1v) is 6.65. The van der Waals surface area contributed by atoms with Crippen LogP contribution in [0.5, 0.6) is 5.75 Å². The molecule has 1 aliphatic rings. The minimum absolute atomic E-state index is 0.0310. The van der Waals surface area contributed by atoms with Gasteiger partial charge in [-0.1, -0.05) is 18.2 Å². The van der Waals surface area contributed by atoms with Crippen molar-refractivity contribution in [1.29, 1.82) is 0 Å². The Hall–Kier alpha value is -1.22. The fraction of sp³-hybridized carbons (Fsp3) is 0.500. The smallest absolute Gasteiger partial charge is 0.263 e. The maximum Gasteiger partial charge on any atom is 0.263 e. The molecule has 2 unspecified atom stereocenters. The zero-order chi connectivity index (χ0) is 13.1. The van der Waals surface area contributed by atoms with Crippen molar-refractivity contribution in [3.8, 4) is 5.75 Å². The van der Waals surface area contributed by atoms with E-state index in [0.29, 0.717) is 13.0 Å². The molecule has 1 heterocycles. The number of carbonyl (C=O) groups is 1. The molecule has 1 aromatic carbocycles. The van der Waals surface area contributed by atoms with Gasteiger partial charge in [0.15, 0.2) is 6.10 Å². The second kappa shape index (κ2) is 5.61. The van der Waals surface area contributed by atoms with Crippen LogP contribution in [0.2, 0.25) is 0 Å². The van der Waals surface area contributed by atoms with Gasteiger partial charge in [0.2, 0.25) is 0 Å². The molecule has 18 heavy (non-hydrogen) atoms. The lowest BCUT2D eigenvalue weighted by Gasteiger charge is -2.21. The summed E-state index contributed by atoms with van der Waals surface area (Å²) in [5.41, 5.74) is 1.11. The number of halogens is 1. The topological polar surface area (TPSA) is 29.5 Å². The molecule has 0 aromatic heterocycles. The Morgan fingerprint density at radius 1 is 1.56 bits per heavy atom. The molecule has 0 radical (unpaired) electrons. The van der Waals surface area contributed by atoms with Crippen molar-refractivity contribution in [2.45, 2.75) is 31.2 Å². The van der Waals surface area contributed by atoms with Gasteiger partial charge in [-0.25, -0.2) is 0 Å². The largest absolute Gasteiger partial charge is 0.480 e. The van der Waals surface area contributed by atoms with Gasteiger partial charge in [0.25, 0.3) is 5.91 Å². The van der Waals surface area contributed by atoms with E-state index < -0.39 is 0 Å². The standard InChI is InChI=1S/C14H18ClNO2/c1-10(15)7-8-16(2)14(17)13-9-11-5-3-4-6-12(11)18-13/h3-6,10,13H,7-9H2,1-2H3. The number of amides is 1. The molecule has 3 nitrogen and oxygen atoms in total. The molecule has 2 rings (SSSR count). The average molecular weight is 268 g/mol. The summed E-state index contributed by atoms with van der Waals surface area (Å²) in [6, 6.07) is 7.80. The van der Waals surface area contributed by atoms with Gasteiger partial charge in [0, 0.05) is 25.4 Å². The summed E-state index contributed by atoms with van der Waals surface area (Å²) in [6.45, 7) is 2.60. The van der Waals surface area contributed by atoms with Crippen molar-refractivity contribution < 1.29 is 9.53 Å². The summed E-state index contributed by atoms with van der Waals surface area (Å²) in [7, 11) is 1.80. The molecule has 98 valence electrons. The zero-order valence-electron chi connectivity index (χ0n) is 10.7. The van der Waals surface area contributed by atoms with Crippen LogP contribution in [-0.4, -0.2) is 35.9 Å². The number of hydrogen-bond acceptors (Lipinski definition) is 2. The van der Waals surface area contributed by atoms with Crippen LogP contribution in [0.1, 0.15) is 18.9 Å². The second-order valence-electron chi connectivity index (χ2n) is 4.75. The molecule has 4 heteroatoms. The molecular formula is C14H18ClNO2. The molecule has 1 aromatic rings. The number of ether oxygens (including phenoxy) is 1. The number of fused-ring (bicyclic) bond motifs is 1. The molecule has 2 atom stereocenters. The van der Waals surface area contributed by atoms with E-state index >= 15 is 0 Å². The monoisotopic (exact) mass is 267 g/mol. The van der Waals surface area contributed by atoms with Crippen LogP contribution >= 0.6 is 11.6 Å². The van der Waals surface area contributed by atoms with E-state index in [1.807, 2.05) is 31.2 Å². The van der Waals surface area contributed by atoms with Crippen LogP contribution in [0, 0.1) is 0 Å². The maximum absolute atomic E-state index is 12.2. The lowest BCUT2D eigenvalue weighted by Crippen LogP contribution is -2.39. The van der Waals surface area contributed by atoms with Crippen LogP contribution in [0.3, 0.4) is 0 Å². The van der Waals surface area contributed by atoms with E-state index in [2.05, 4.69) is 0 Å². The molecule has 0 saturated carbocycles.